The number of aromatic nitrogens is 3. The fraction of sp³-hybridized carbons (Fsp3) is 0.306. The topological polar surface area (TPSA) is 137 Å². The van der Waals surface area contributed by atoms with E-state index in [-0.39, 0.29) is 48.4 Å². The third kappa shape index (κ3) is 7.87. The zero-order chi connectivity index (χ0) is 43.6. The summed E-state index contributed by atoms with van der Waals surface area (Å²) in [4.78, 5) is 30.5. The minimum atomic E-state index is -2.44. The lowest BCUT2D eigenvalue weighted by atomic mass is 9.82. The molecule has 62 heavy (non-hydrogen) atoms. The molecule has 0 radical (unpaired) electrons. The number of fused-ring (bicyclic) bond motifs is 2. The largest absolute Gasteiger partial charge is 0.497 e. The molecule has 1 saturated heterocycles. The summed E-state index contributed by atoms with van der Waals surface area (Å²) in [7, 11) is 2.45. The number of aliphatic hydroxyl groups is 1. The molecule has 2 N–H and O–H groups in total. The van der Waals surface area contributed by atoms with Gasteiger partial charge in [0.25, 0.3) is 11.8 Å². The Kier molecular flexibility index (Phi) is 12.0. The number of methoxy groups -OCH3 is 3. The van der Waals surface area contributed by atoms with Crippen molar-refractivity contribution in [1.29, 1.82) is 0 Å². The molecule has 1 fully saturated rings. The van der Waals surface area contributed by atoms with E-state index in [1.807, 2.05) is 101 Å². The van der Waals surface area contributed by atoms with E-state index in [0.29, 0.717) is 41.4 Å². The first-order chi connectivity index (χ1) is 30.0. The van der Waals surface area contributed by atoms with Gasteiger partial charge in [-0.3, -0.25) is 14.3 Å². The van der Waals surface area contributed by atoms with Crippen LogP contribution in [0.2, 0.25) is 18.6 Å². The van der Waals surface area contributed by atoms with Gasteiger partial charge in [0.05, 0.1) is 66.0 Å². The van der Waals surface area contributed by atoms with Crippen molar-refractivity contribution in [3.05, 3.63) is 155 Å². The highest BCUT2D eigenvalue weighted by Crippen LogP contribution is 2.60. The molecule has 1 aromatic heterocycles. The maximum absolute atomic E-state index is 15.5. The number of aliphatic hydroxyl groups excluding tert-OH is 1. The molecular weight excluding hydrogens is 799 g/mol. The van der Waals surface area contributed by atoms with E-state index in [2.05, 4.69) is 47.8 Å². The van der Waals surface area contributed by atoms with Crippen LogP contribution in [-0.4, -0.2) is 74.0 Å². The lowest BCUT2D eigenvalue weighted by Gasteiger charge is -2.37. The number of rotatable bonds is 15. The third-order valence-corrected chi connectivity index (χ3v) is 17.2. The molecule has 13 heteroatoms. The molecular formula is C49H53N5O7Si. The summed E-state index contributed by atoms with van der Waals surface area (Å²) in [5.74, 6) is 1.16. The van der Waals surface area contributed by atoms with Gasteiger partial charge in [0.15, 0.2) is 5.60 Å². The average molecular weight is 852 g/mol. The number of amides is 2. The second-order valence-corrected chi connectivity index (χ2v) is 21.3. The summed E-state index contributed by atoms with van der Waals surface area (Å²) in [5, 5.41) is 23.6. The van der Waals surface area contributed by atoms with Gasteiger partial charge in [-0.05, 0) is 89.8 Å². The first-order valence-corrected chi connectivity index (χ1v) is 24.0. The van der Waals surface area contributed by atoms with Crippen molar-refractivity contribution >= 4 is 36.4 Å². The number of carbonyl (C=O) groups excluding carboxylic acids is 2. The number of anilines is 2. The SMILES string of the molecule is COc1ccc(C(=O)Nc2cccc(CN3C(=O)[C@]4(O[C@H](CCn5cc(C(CO)c6ccccc6)nn5)[C@@H]([Si](C)(C)c5ccc(OC)cc5)[C@@H]4C)c4cc(OC)ccc43)c2)cc1. The monoisotopic (exact) mass is 851 g/mol. The molecule has 12 nitrogen and oxygen atoms in total. The van der Waals surface area contributed by atoms with Crippen LogP contribution >= 0.6 is 0 Å². The van der Waals surface area contributed by atoms with Crippen LogP contribution in [0.25, 0.3) is 0 Å². The summed E-state index contributed by atoms with van der Waals surface area (Å²) >= 11 is 0. The van der Waals surface area contributed by atoms with Crippen molar-refractivity contribution in [2.24, 2.45) is 5.92 Å². The molecule has 6 aromatic rings. The molecule has 1 spiro atoms. The molecule has 2 amide bonds. The van der Waals surface area contributed by atoms with Gasteiger partial charge < -0.3 is 34.3 Å². The molecule has 2 aliphatic heterocycles. The highest BCUT2D eigenvalue weighted by molar-refractivity contribution is 6.91. The smallest absolute Gasteiger partial charge is 0.264 e. The molecule has 8 rings (SSSR count). The fourth-order valence-corrected chi connectivity index (χ4v) is 13.7. The standard InChI is InChI=1S/C49H53N5O7Si/c1-32-46(62(5,6)40-22-19-38(59-3)20-23-40)45(25-26-53-30-43(51-52-53)41(31-55)34-12-8-7-9-13-34)61-49(32)42-28-39(60-4)21-24-44(42)54(48(49)57)29-33-11-10-14-36(27-33)50-47(56)35-15-17-37(58-2)18-16-35/h7-24,27-28,30,32,41,45-46,55H,25-26,29,31H2,1-6H3,(H,50,56)/t32-,41?,45+,46-,49+/m0/s1. The van der Waals surface area contributed by atoms with E-state index < -0.39 is 13.7 Å². The number of hydrogen-bond donors (Lipinski definition) is 2. The maximum atomic E-state index is 15.5. The highest BCUT2D eigenvalue weighted by Gasteiger charge is 2.66. The van der Waals surface area contributed by atoms with Crippen LogP contribution < -0.4 is 29.6 Å². The van der Waals surface area contributed by atoms with Crippen LogP contribution in [0.3, 0.4) is 0 Å². The number of aryl methyl sites for hydroxylation is 1. The second-order valence-electron chi connectivity index (χ2n) is 16.7. The van der Waals surface area contributed by atoms with E-state index in [4.69, 9.17) is 18.9 Å². The number of nitrogens with zero attached hydrogens (tertiary/aromatic N) is 4. The quantitative estimate of drug-likeness (QED) is 0.101. The van der Waals surface area contributed by atoms with Crippen LogP contribution in [0.15, 0.2) is 128 Å². The van der Waals surface area contributed by atoms with Gasteiger partial charge in [0, 0.05) is 35.5 Å². The van der Waals surface area contributed by atoms with Gasteiger partial charge in [-0.2, -0.15) is 0 Å². The predicted molar refractivity (Wildman–Crippen MR) is 241 cm³/mol. The number of ether oxygens (including phenoxy) is 4. The fourth-order valence-electron chi connectivity index (χ4n) is 9.62. The average Bonchev–Trinajstić information content (AvgIpc) is 3.96. The highest BCUT2D eigenvalue weighted by atomic mass is 28.3. The van der Waals surface area contributed by atoms with E-state index in [0.717, 1.165) is 28.1 Å². The van der Waals surface area contributed by atoms with Gasteiger partial charge in [-0.25, -0.2) is 0 Å². The molecule has 0 bridgehead atoms. The molecule has 0 aliphatic carbocycles. The lowest BCUT2D eigenvalue weighted by Crippen LogP contribution is -2.51. The Balaban J connectivity index is 1.12. The summed E-state index contributed by atoms with van der Waals surface area (Å²) in [6.45, 7) is 7.55. The van der Waals surface area contributed by atoms with Gasteiger partial charge >= 0.3 is 0 Å². The van der Waals surface area contributed by atoms with Crippen LogP contribution in [0.5, 0.6) is 17.2 Å². The van der Waals surface area contributed by atoms with Crippen molar-refractivity contribution in [3.8, 4) is 17.2 Å². The van der Waals surface area contributed by atoms with Crippen LogP contribution in [-0.2, 0) is 28.2 Å². The normalized spacial score (nSPS) is 20.0. The third-order valence-electron chi connectivity index (χ3n) is 12.9. The Morgan fingerprint density at radius 1 is 0.871 bits per heavy atom. The van der Waals surface area contributed by atoms with Gasteiger partial charge in [0.1, 0.15) is 17.2 Å². The predicted octanol–water partition coefficient (Wildman–Crippen LogP) is 7.53. The summed E-state index contributed by atoms with van der Waals surface area (Å²) in [6.07, 6.45) is 2.15. The summed E-state index contributed by atoms with van der Waals surface area (Å²) in [6, 6.07) is 38.4. The molecule has 3 heterocycles. The molecule has 320 valence electrons. The molecule has 5 aromatic carbocycles. The van der Waals surface area contributed by atoms with Crippen molar-refractivity contribution in [3.63, 3.8) is 0 Å². The van der Waals surface area contributed by atoms with E-state index in [9.17, 15) is 9.90 Å². The van der Waals surface area contributed by atoms with E-state index in [1.165, 1.54) is 5.19 Å². The number of nitrogens with one attached hydrogen (secondary N) is 1. The minimum absolute atomic E-state index is 0.00663. The number of benzene rings is 5. The van der Waals surface area contributed by atoms with Crippen molar-refractivity contribution in [1.82, 2.24) is 15.0 Å². The second kappa shape index (κ2) is 17.6. The van der Waals surface area contributed by atoms with Crippen molar-refractivity contribution in [2.45, 2.75) is 62.7 Å². The first-order valence-electron chi connectivity index (χ1n) is 20.9. The van der Waals surface area contributed by atoms with Crippen molar-refractivity contribution in [2.75, 3.05) is 38.2 Å². The zero-order valence-corrected chi connectivity index (χ0v) is 36.9. The molecule has 2 aliphatic rings. The Hall–Kier alpha value is -6.28. The van der Waals surface area contributed by atoms with Gasteiger partial charge in [-0.15, -0.1) is 5.10 Å². The molecule has 1 unspecified atom stereocenters. The Morgan fingerprint density at radius 2 is 1.55 bits per heavy atom. The number of carbonyl (C=O) groups is 2. The summed E-state index contributed by atoms with van der Waals surface area (Å²) < 4.78 is 25.8. The van der Waals surface area contributed by atoms with Crippen LogP contribution in [0.4, 0.5) is 11.4 Å². The zero-order valence-electron chi connectivity index (χ0n) is 35.9. The minimum Gasteiger partial charge on any atom is -0.497 e. The Labute approximate surface area is 363 Å². The van der Waals surface area contributed by atoms with Crippen LogP contribution in [0, 0.1) is 5.92 Å². The van der Waals surface area contributed by atoms with Crippen molar-refractivity contribution < 1.29 is 33.6 Å². The maximum Gasteiger partial charge on any atom is 0.264 e. The first kappa shape index (κ1) is 42.4. The molecule has 5 atom stereocenters. The number of hydrogen-bond acceptors (Lipinski definition) is 9. The Morgan fingerprint density at radius 3 is 2.23 bits per heavy atom. The Bertz CT molecular complexity index is 2530. The van der Waals surface area contributed by atoms with Crippen LogP contribution in [0.1, 0.15) is 52.0 Å². The molecule has 0 saturated carbocycles. The lowest BCUT2D eigenvalue weighted by molar-refractivity contribution is -0.146. The van der Waals surface area contributed by atoms with E-state index >= 15 is 4.79 Å². The van der Waals surface area contributed by atoms with Gasteiger partial charge in [0.2, 0.25) is 0 Å². The summed E-state index contributed by atoms with van der Waals surface area (Å²) in [5.41, 5.74) is 3.83. The van der Waals surface area contributed by atoms with E-state index in [1.54, 1.807) is 45.6 Å². The van der Waals surface area contributed by atoms with Gasteiger partial charge in [-0.1, -0.05) is 85.0 Å².